The number of nitrogens with zero attached hydrogens (tertiary/aromatic N) is 2. The zero-order valence-electron chi connectivity index (χ0n) is 14.6. The second-order valence-electron chi connectivity index (χ2n) is 6.15. The SMILES string of the molecule is N#Cc1ccc(S(=O)(=O)Nc2cccc(OCC(=O)N3CCCC3)c2)cc1. The van der Waals surface area contributed by atoms with Gasteiger partial charge < -0.3 is 9.64 Å². The number of nitrogens with one attached hydrogen (secondary N) is 1. The Labute approximate surface area is 158 Å². The van der Waals surface area contributed by atoms with Crippen LogP contribution in [0.2, 0.25) is 0 Å². The van der Waals surface area contributed by atoms with E-state index in [1.54, 1.807) is 23.1 Å². The van der Waals surface area contributed by atoms with Crippen LogP contribution >= 0.6 is 0 Å². The fourth-order valence-corrected chi connectivity index (χ4v) is 3.82. The van der Waals surface area contributed by atoms with Crippen molar-refractivity contribution in [2.45, 2.75) is 17.7 Å². The van der Waals surface area contributed by atoms with Gasteiger partial charge in [0, 0.05) is 19.2 Å². The molecule has 1 N–H and O–H groups in total. The molecule has 7 nitrogen and oxygen atoms in total. The van der Waals surface area contributed by atoms with Crippen LogP contribution in [0.1, 0.15) is 18.4 Å². The molecule has 140 valence electrons. The maximum Gasteiger partial charge on any atom is 0.261 e. The number of carbonyl (C=O) groups excluding carboxylic acids is 1. The van der Waals surface area contributed by atoms with Crippen molar-refractivity contribution in [3.05, 3.63) is 54.1 Å². The van der Waals surface area contributed by atoms with Gasteiger partial charge in [0.05, 0.1) is 22.2 Å². The van der Waals surface area contributed by atoms with Crippen LogP contribution in [0.5, 0.6) is 5.75 Å². The molecule has 0 bridgehead atoms. The van der Waals surface area contributed by atoms with Crippen molar-refractivity contribution in [1.29, 1.82) is 5.26 Å². The van der Waals surface area contributed by atoms with Crippen LogP contribution in [0, 0.1) is 11.3 Å². The van der Waals surface area contributed by atoms with Gasteiger partial charge in [-0.15, -0.1) is 0 Å². The number of hydrogen-bond donors (Lipinski definition) is 1. The summed E-state index contributed by atoms with van der Waals surface area (Å²) in [7, 11) is -3.79. The summed E-state index contributed by atoms with van der Waals surface area (Å²) in [5, 5.41) is 8.80. The Morgan fingerprint density at radius 1 is 1.15 bits per heavy atom. The van der Waals surface area contributed by atoms with Gasteiger partial charge in [0.15, 0.2) is 6.61 Å². The van der Waals surface area contributed by atoms with E-state index >= 15 is 0 Å². The molecule has 1 aliphatic heterocycles. The van der Waals surface area contributed by atoms with Gasteiger partial charge in [-0.2, -0.15) is 5.26 Å². The number of amides is 1. The van der Waals surface area contributed by atoms with Gasteiger partial charge in [-0.25, -0.2) is 8.42 Å². The number of likely N-dealkylation sites (tertiary alicyclic amines) is 1. The second kappa shape index (κ2) is 8.10. The highest BCUT2D eigenvalue weighted by atomic mass is 32.2. The van der Waals surface area contributed by atoms with E-state index in [2.05, 4.69) is 4.72 Å². The number of nitriles is 1. The predicted molar refractivity (Wildman–Crippen MR) is 99.7 cm³/mol. The molecule has 0 aromatic heterocycles. The minimum atomic E-state index is -3.79. The number of rotatable bonds is 6. The van der Waals surface area contributed by atoms with Crippen LogP contribution in [-0.2, 0) is 14.8 Å². The van der Waals surface area contributed by atoms with Crippen molar-refractivity contribution >= 4 is 21.6 Å². The molecule has 0 atom stereocenters. The lowest BCUT2D eigenvalue weighted by molar-refractivity contribution is -0.132. The van der Waals surface area contributed by atoms with Crippen molar-refractivity contribution in [2.75, 3.05) is 24.4 Å². The molecule has 27 heavy (non-hydrogen) atoms. The van der Waals surface area contributed by atoms with E-state index in [0.29, 0.717) is 17.0 Å². The lowest BCUT2D eigenvalue weighted by atomic mass is 10.2. The van der Waals surface area contributed by atoms with Crippen LogP contribution in [0.25, 0.3) is 0 Å². The highest BCUT2D eigenvalue weighted by molar-refractivity contribution is 7.92. The quantitative estimate of drug-likeness (QED) is 0.823. The summed E-state index contributed by atoms with van der Waals surface area (Å²) in [5.41, 5.74) is 0.706. The minimum absolute atomic E-state index is 0.0528. The van der Waals surface area contributed by atoms with Crippen molar-refractivity contribution < 1.29 is 17.9 Å². The molecule has 2 aromatic rings. The Hall–Kier alpha value is -3.05. The van der Waals surface area contributed by atoms with E-state index in [4.69, 9.17) is 10.00 Å². The van der Waals surface area contributed by atoms with Crippen LogP contribution in [0.15, 0.2) is 53.4 Å². The van der Waals surface area contributed by atoms with Gasteiger partial charge in [0.1, 0.15) is 5.75 Å². The monoisotopic (exact) mass is 385 g/mol. The van der Waals surface area contributed by atoms with Crippen LogP contribution in [0.4, 0.5) is 5.69 Å². The zero-order chi connectivity index (χ0) is 19.3. The third-order valence-corrected chi connectivity index (χ3v) is 5.60. The first-order valence-electron chi connectivity index (χ1n) is 8.51. The lowest BCUT2D eigenvalue weighted by Gasteiger charge is -2.16. The van der Waals surface area contributed by atoms with Gasteiger partial charge >= 0.3 is 0 Å². The Bertz CT molecular complexity index is 959. The average molecular weight is 385 g/mol. The van der Waals surface area contributed by atoms with Gasteiger partial charge in [0.2, 0.25) is 0 Å². The van der Waals surface area contributed by atoms with E-state index in [-0.39, 0.29) is 17.4 Å². The molecule has 0 spiro atoms. The highest BCUT2D eigenvalue weighted by Gasteiger charge is 2.18. The number of carbonyl (C=O) groups is 1. The Morgan fingerprint density at radius 3 is 2.52 bits per heavy atom. The zero-order valence-corrected chi connectivity index (χ0v) is 15.4. The fraction of sp³-hybridized carbons (Fsp3) is 0.263. The summed E-state index contributed by atoms with van der Waals surface area (Å²) < 4.78 is 32.9. The fourth-order valence-electron chi connectivity index (χ4n) is 2.77. The summed E-state index contributed by atoms with van der Waals surface area (Å²) in [4.78, 5) is 13.9. The summed E-state index contributed by atoms with van der Waals surface area (Å²) in [5.74, 6) is 0.332. The third kappa shape index (κ3) is 4.77. The molecule has 2 aromatic carbocycles. The largest absolute Gasteiger partial charge is 0.484 e. The number of anilines is 1. The van der Waals surface area contributed by atoms with Crippen molar-refractivity contribution in [3.8, 4) is 11.8 Å². The first-order valence-corrected chi connectivity index (χ1v) is 10.00. The normalized spacial score (nSPS) is 13.8. The molecule has 1 saturated heterocycles. The molecule has 3 rings (SSSR count). The summed E-state index contributed by atoms with van der Waals surface area (Å²) in [6.45, 7) is 1.44. The molecular formula is C19H19N3O4S. The molecule has 8 heteroatoms. The molecule has 1 heterocycles. The van der Waals surface area contributed by atoms with Gasteiger partial charge in [-0.3, -0.25) is 9.52 Å². The molecule has 0 aliphatic carbocycles. The first kappa shape index (κ1) is 18.7. The molecule has 0 radical (unpaired) electrons. The summed E-state index contributed by atoms with van der Waals surface area (Å²) >= 11 is 0. The van der Waals surface area contributed by atoms with Crippen LogP contribution < -0.4 is 9.46 Å². The first-order chi connectivity index (χ1) is 13.0. The number of benzene rings is 2. The van der Waals surface area contributed by atoms with Gasteiger partial charge in [-0.1, -0.05) is 6.07 Å². The molecule has 1 amide bonds. The maximum absolute atomic E-state index is 12.5. The topological polar surface area (TPSA) is 99.5 Å². The summed E-state index contributed by atoms with van der Waals surface area (Å²) in [6, 6.07) is 14.0. The van der Waals surface area contributed by atoms with E-state index in [1.165, 1.54) is 30.3 Å². The Morgan fingerprint density at radius 2 is 1.85 bits per heavy atom. The molecular weight excluding hydrogens is 366 g/mol. The smallest absolute Gasteiger partial charge is 0.261 e. The molecule has 1 aliphatic rings. The second-order valence-corrected chi connectivity index (χ2v) is 7.83. The van der Waals surface area contributed by atoms with Crippen molar-refractivity contribution in [1.82, 2.24) is 4.90 Å². The van der Waals surface area contributed by atoms with E-state index in [0.717, 1.165) is 25.9 Å². The van der Waals surface area contributed by atoms with E-state index in [9.17, 15) is 13.2 Å². The number of ether oxygens (including phenoxy) is 1. The highest BCUT2D eigenvalue weighted by Crippen LogP contribution is 2.21. The van der Waals surface area contributed by atoms with Gasteiger partial charge in [-0.05, 0) is 49.2 Å². The van der Waals surface area contributed by atoms with E-state index < -0.39 is 10.0 Å². The number of sulfonamides is 1. The standard InChI is InChI=1S/C19H19N3O4S/c20-13-15-6-8-18(9-7-15)27(24,25)21-16-4-3-5-17(12-16)26-14-19(23)22-10-1-2-11-22/h3-9,12,21H,1-2,10-11,14H2. The van der Waals surface area contributed by atoms with Crippen LogP contribution in [0.3, 0.4) is 0 Å². The van der Waals surface area contributed by atoms with E-state index in [1.807, 2.05) is 6.07 Å². The maximum atomic E-state index is 12.5. The predicted octanol–water partition coefficient (Wildman–Crippen LogP) is 2.36. The Balaban J connectivity index is 1.65. The molecule has 0 saturated carbocycles. The molecule has 1 fully saturated rings. The minimum Gasteiger partial charge on any atom is -0.484 e. The third-order valence-electron chi connectivity index (χ3n) is 4.20. The van der Waals surface area contributed by atoms with Crippen LogP contribution in [-0.4, -0.2) is 38.9 Å². The molecule has 0 unspecified atom stereocenters. The summed E-state index contributed by atoms with van der Waals surface area (Å²) in [6.07, 6.45) is 2.02. The Kier molecular flexibility index (Phi) is 5.62. The van der Waals surface area contributed by atoms with Gasteiger partial charge in [0.25, 0.3) is 15.9 Å². The van der Waals surface area contributed by atoms with Crippen molar-refractivity contribution in [2.24, 2.45) is 0 Å². The lowest BCUT2D eigenvalue weighted by Crippen LogP contribution is -2.32. The number of hydrogen-bond acceptors (Lipinski definition) is 5. The van der Waals surface area contributed by atoms with Crippen molar-refractivity contribution in [3.63, 3.8) is 0 Å². The average Bonchev–Trinajstić information content (AvgIpc) is 3.21.